The SMILES string of the molecule is CCc1ncnc(N2CC3CC(C2)N3C(=O)c2ccc(OC)cc2)c1F. The van der Waals surface area contributed by atoms with E-state index in [0.29, 0.717) is 36.6 Å². The maximum absolute atomic E-state index is 14.5. The molecule has 0 saturated carbocycles. The molecule has 3 aliphatic rings. The fourth-order valence-electron chi connectivity index (χ4n) is 3.86. The number of aryl methyl sites for hydroxylation is 1. The lowest BCUT2D eigenvalue weighted by Crippen LogP contribution is -2.70. The molecule has 1 aromatic heterocycles. The van der Waals surface area contributed by atoms with Crippen LogP contribution < -0.4 is 9.64 Å². The number of hydrogen-bond acceptors (Lipinski definition) is 5. The smallest absolute Gasteiger partial charge is 0.254 e. The molecule has 6 nitrogen and oxygen atoms in total. The topological polar surface area (TPSA) is 58.6 Å². The number of aromatic nitrogens is 2. The van der Waals surface area contributed by atoms with Crippen molar-refractivity contribution in [3.05, 3.63) is 47.7 Å². The molecule has 0 N–H and O–H groups in total. The van der Waals surface area contributed by atoms with E-state index >= 15 is 0 Å². The summed E-state index contributed by atoms with van der Waals surface area (Å²) in [5.41, 5.74) is 1.08. The maximum Gasteiger partial charge on any atom is 0.254 e. The molecule has 2 atom stereocenters. The summed E-state index contributed by atoms with van der Waals surface area (Å²) in [6.07, 6.45) is 2.90. The summed E-state index contributed by atoms with van der Waals surface area (Å²) in [6, 6.07) is 7.32. The summed E-state index contributed by atoms with van der Waals surface area (Å²) in [6.45, 7) is 3.06. The summed E-state index contributed by atoms with van der Waals surface area (Å²) in [7, 11) is 1.60. The first kappa shape index (κ1) is 16.8. The summed E-state index contributed by atoms with van der Waals surface area (Å²) in [4.78, 5) is 24.8. The third-order valence-electron chi connectivity index (χ3n) is 5.24. The van der Waals surface area contributed by atoms with E-state index in [4.69, 9.17) is 4.74 Å². The first-order valence-corrected chi connectivity index (χ1v) is 8.83. The summed E-state index contributed by atoms with van der Waals surface area (Å²) in [5, 5.41) is 0. The number of piperidine rings is 1. The molecule has 5 rings (SSSR count). The van der Waals surface area contributed by atoms with Crippen LogP contribution in [0.2, 0.25) is 0 Å². The Balaban J connectivity index is 1.49. The van der Waals surface area contributed by atoms with Gasteiger partial charge in [0.1, 0.15) is 12.1 Å². The molecule has 2 unspecified atom stereocenters. The Hall–Kier alpha value is -2.70. The van der Waals surface area contributed by atoms with Crippen molar-refractivity contribution in [1.29, 1.82) is 0 Å². The molecule has 3 fully saturated rings. The van der Waals surface area contributed by atoms with Gasteiger partial charge >= 0.3 is 0 Å². The van der Waals surface area contributed by atoms with Crippen molar-refractivity contribution in [2.75, 3.05) is 25.1 Å². The molecule has 2 aromatic rings. The molecule has 0 spiro atoms. The van der Waals surface area contributed by atoms with Crippen LogP contribution >= 0.6 is 0 Å². The van der Waals surface area contributed by atoms with Crippen LogP contribution in [0.15, 0.2) is 30.6 Å². The van der Waals surface area contributed by atoms with Gasteiger partial charge in [-0.2, -0.15) is 0 Å². The van der Waals surface area contributed by atoms with Gasteiger partial charge in [0.15, 0.2) is 11.6 Å². The van der Waals surface area contributed by atoms with Gasteiger partial charge in [0.2, 0.25) is 0 Å². The number of methoxy groups -OCH3 is 1. The van der Waals surface area contributed by atoms with Crippen LogP contribution in [0.4, 0.5) is 10.2 Å². The van der Waals surface area contributed by atoms with E-state index < -0.39 is 0 Å². The largest absolute Gasteiger partial charge is 0.497 e. The average molecular weight is 356 g/mol. The van der Waals surface area contributed by atoms with Gasteiger partial charge in [-0.15, -0.1) is 0 Å². The van der Waals surface area contributed by atoms with Gasteiger partial charge < -0.3 is 14.5 Å². The quantitative estimate of drug-likeness (QED) is 0.841. The molecule has 3 saturated heterocycles. The van der Waals surface area contributed by atoms with Crippen LogP contribution in [-0.4, -0.2) is 53.1 Å². The van der Waals surface area contributed by atoms with Gasteiger partial charge in [-0.3, -0.25) is 4.79 Å². The predicted molar refractivity (Wildman–Crippen MR) is 94.9 cm³/mol. The third-order valence-corrected chi connectivity index (χ3v) is 5.24. The average Bonchev–Trinajstić information content (AvgIpc) is 2.68. The second-order valence-corrected chi connectivity index (χ2v) is 6.70. The zero-order valence-corrected chi connectivity index (χ0v) is 14.9. The molecule has 0 aliphatic carbocycles. The number of hydrogen-bond donors (Lipinski definition) is 0. The van der Waals surface area contributed by atoms with Crippen LogP contribution in [0.25, 0.3) is 0 Å². The third kappa shape index (κ3) is 2.67. The number of fused-ring (bicyclic) bond motifs is 2. The number of carbonyl (C=O) groups excluding carboxylic acids is 1. The first-order valence-electron chi connectivity index (χ1n) is 8.83. The van der Waals surface area contributed by atoms with E-state index in [1.807, 2.05) is 16.7 Å². The van der Waals surface area contributed by atoms with Crippen molar-refractivity contribution in [2.24, 2.45) is 0 Å². The fourth-order valence-corrected chi connectivity index (χ4v) is 3.86. The van der Waals surface area contributed by atoms with Gasteiger partial charge in [-0.25, -0.2) is 14.4 Å². The fraction of sp³-hybridized carbons (Fsp3) is 0.421. The van der Waals surface area contributed by atoms with Gasteiger partial charge in [0.05, 0.1) is 24.9 Å². The summed E-state index contributed by atoms with van der Waals surface area (Å²) >= 11 is 0. The van der Waals surface area contributed by atoms with Crippen molar-refractivity contribution >= 4 is 11.7 Å². The van der Waals surface area contributed by atoms with Crippen LogP contribution in [0, 0.1) is 5.82 Å². The van der Waals surface area contributed by atoms with Crippen molar-refractivity contribution in [3.8, 4) is 5.75 Å². The lowest BCUT2D eigenvalue weighted by atomic mass is 9.86. The monoisotopic (exact) mass is 356 g/mol. The molecule has 0 radical (unpaired) electrons. The second-order valence-electron chi connectivity index (χ2n) is 6.70. The van der Waals surface area contributed by atoms with E-state index in [1.165, 1.54) is 6.33 Å². The second kappa shape index (κ2) is 6.55. The molecule has 26 heavy (non-hydrogen) atoms. The summed E-state index contributed by atoms with van der Waals surface area (Å²) in [5.74, 6) is 0.751. The van der Waals surface area contributed by atoms with Crippen molar-refractivity contribution in [1.82, 2.24) is 14.9 Å². The highest BCUT2D eigenvalue weighted by atomic mass is 19.1. The first-order chi connectivity index (χ1) is 12.6. The van der Waals surface area contributed by atoms with E-state index in [2.05, 4.69) is 9.97 Å². The number of amides is 1. The predicted octanol–water partition coefficient (Wildman–Crippen LogP) is 2.29. The lowest BCUT2D eigenvalue weighted by molar-refractivity contribution is 0.00562. The van der Waals surface area contributed by atoms with Crippen molar-refractivity contribution < 1.29 is 13.9 Å². The number of halogens is 1. The number of rotatable bonds is 4. The molecule has 7 heteroatoms. The molecule has 4 heterocycles. The maximum atomic E-state index is 14.5. The standard InChI is InChI=1S/C19H21FN4O2/c1-3-16-17(20)18(22-11-21-16)23-9-13-8-14(10-23)24(13)19(25)12-4-6-15(26-2)7-5-12/h4-7,11,13-14H,3,8-10H2,1-2H3. The number of anilines is 1. The Labute approximate surface area is 151 Å². The Morgan fingerprint density at radius 2 is 1.92 bits per heavy atom. The molecule has 1 amide bonds. The van der Waals surface area contributed by atoms with E-state index in [1.54, 1.807) is 31.4 Å². The Bertz CT molecular complexity index is 815. The molecular formula is C19H21FN4O2. The summed E-state index contributed by atoms with van der Waals surface area (Å²) < 4.78 is 19.7. The van der Waals surface area contributed by atoms with Crippen LogP contribution in [0.3, 0.4) is 0 Å². The van der Waals surface area contributed by atoms with Gasteiger partial charge in [-0.1, -0.05) is 6.92 Å². The number of ether oxygens (including phenoxy) is 1. The van der Waals surface area contributed by atoms with E-state index in [-0.39, 0.29) is 23.8 Å². The minimum Gasteiger partial charge on any atom is -0.497 e. The minimum absolute atomic E-state index is 0.0194. The van der Waals surface area contributed by atoms with Crippen molar-refractivity contribution in [3.63, 3.8) is 0 Å². The molecule has 2 bridgehead atoms. The van der Waals surface area contributed by atoms with Crippen molar-refractivity contribution in [2.45, 2.75) is 31.8 Å². The Morgan fingerprint density at radius 1 is 1.23 bits per heavy atom. The van der Waals surface area contributed by atoms with Crippen LogP contribution in [0.1, 0.15) is 29.4 Å². The number of benzene rings is 1. The van der Waals surface area contributed by atoms with E-state index in [0.717, 1.165) is 12.2 Å². The zero-order chi connectivity index (χ0) is 18.3. The highest BCUT2D eigenvalue weighted by Gasteiger charge is 2.48. The van der Waals surface area contributed by atoms with Gasteiger partial charge in [0, 0.05) is 18.7 Å². The molecule has 136 valence electrons. The highest BCUT2D eigenvalue weighted by Crippen LogP contribution is 2.36. The number of piperazine rings is 1. The molecule has 3 aliphatic heterocycles. The minimum atomic E-state index is -0.343. The van der Waals surface area contributed by atoms with E-state index in [9.17, 15) is 9.18 Å². The zero-order valence-electron chi connectivity index (χ0n) is 14.9. The van der Waals surface area contributed by atoms with Gasteiger partial charge in [0.25, 0.3) is 5.91 Å². The number of nitrogens with zero attached hydrogens (tertiary/aromatic N) is 4. The Morgan fingerprint density at radius 3 is 2.54 bits per heavy atom. The number of carbonyl (C=O) groups is 1. The molecule has 1 aromatic carbocycles. The van der Waals surface area contributed by atoms with Crippen LogP contribution in [0.5, 0.6) is 5.75 Å². The van der Waals surface area contributed by atoms with Crippen LogP contribution in [-0.2, 0) is 6.42 Å². The molecular weight excluding hydrogens is 335 g/mol. The highest BCUT2D eigenvalue weighted by molar-refractivity contribution is 5.95. The normalized spacial score (nSPS) is 21.3. The van der Waals surface area contributed by atoms with Gasteiger partial charge in [-0.05, 0) is 37.1 Å². The lowest BCUT2D eigenvalue weighted by Gasteiger charge is -2.56. The Kier molecular flexibility index (Phi) is 4.22.